The summed E-state index contributed by atoms with van der Waals surface area (Å²) < 4.78 is 0. The molecule has 0 radical (unpaired) electrons. The standard InChI is InChI=1S/C23H19N3O6/c27-21-8-4-7-18(15-21)10-12-19(11-9-17-5-2-1-3-6-17)24-32-23-14-13-20(25(28)29)16-22(23)26(30)31/h1-9,11,13-16,27H,10,12H2/b11-9+,24-19-. The summed E-state index contributed by atoms with van der Waals surface area (Å²) in [5.41, 5.74) is 1.33. The molecule has 0 saturated heterocycles. The van der Waals surface area contributed by atoms with Gasteiger partial charge in [0.05, 0.1) is 21.6 Å². The van der Waals surface area contributed by atoms with E-state index in [0.29, 0.717) is 18.6 Å². The molecule has 0 saturated carbocycles. The van der Waals surface area contributed by atoms with Crippen LogP contribution in [0.2, 0.25) is 0 Å². The van der Waals surface area contributed by atoms with Gasteiger partial charge in [0, 0.05) is 6.07 Å². The molecule has 3 aromatic carbocycles. The van der Waals surface area contributed by atoms with Crippen molar-refractivity contribution >= 4 is 23.2 Å². The van der Waals surface area contributed by atoms with Crippen LogP contribution in [0.3, 0.4) is 0 Å². The molecule has 3 rings (SSSR count). The van der Waals surface area contributed by atoms with Gasteiger partial charge in [-0.25, -0.2) is 0 Å². The van der Waals surface area contributed by atoms with Gasteiger partial charge in [0.1, 0.15) is 5.75 Å². The molecule has 0 amide bonds. The Morgan fingerprint density at radius 1 is 0.969 bits per heavy atom. The lowest BCUT2D eigenvalue weighted by Gasteiger charge is -2.05. The largest absolute Gasteiger partial charge is 0.508 e. The van der Waals surface area contributed by atoms with Crippen molar-refractivity contribution in [1.82, 2.24) is 0 Å². The molecule has 1 N–H and O–H groups in total. The molecule has 0 spiro atoms. The SMILES string of the molecule is O=[N+]([O-])c1ccc(O/N=C(/C=C/c2ccccc2)CCc2cccc(O)c2)c([N+](=O)[O-])c1. The maximum absolute atomic E-state index is 11.3. The number of phenolic OH excluding ortho intramolecular Hbond substituents is 1. The van der Waals surface area contributed by atoms with Gasteiger partial charge in [-0.3, -0.25) is 20.2 Å². The Balaban J connectivity index is 1.85. The highest BCUT2D eigenvalue weighted by Gasteiger charge is 2.21. The first-order valence-electron chi connectivity index (χ1n) is 9.60. The third-order valence-corrected chi connectivity index (χ3v) is 4.46. The normalized spacial score (nSPS) is 11.4. The van der Waals surface area contributed by atoms with Crippen LogP contribution in [0, 0.1) is 20.2 Å². The average Bonchev–Trinajstić information content (AvgIpc) is 2.79. The first kappa shape index (κ1) is 22.2. The molecule has 3 aromatic rings. The number of hydrogen-bond acceptors (Lipinski definition) is 7. The lowest BCUT2D eigenvalue weighted by Crippen LogP contribution is -2.02. The van der Waals surface area contributed by atoms with Crippen LogP contribution >= 0.6 is 0 Å². The third kappa shape index (κ3) is 6.23. The fourth-order valence-electron chi connectivity index (χ4n) is 2.85. The highest BCUT2D eigenvalue weighted by molar-refractivity contribution is 5.98. The highest BCUT2D eigenvalue weighted by atomic mass is 16.7. The number of allylic oxidation sites excluding steroid dienone is 1. The lowest BCUT2D eigenvalue weighted by atomic mass is 10.1. The van der Waals surface area contributed by atoms with E-state index in [1.165, 1.54) is 0 Å². The summed E-state index contributed by atoms with van der Waals surface area (Å²) in [6.45, 7) is 0. The number of hydrogen-bond donors (Lipinski definition) is 1. The Hall–Kier alpha value is -4.53. The molecule has 0 aliphatic carbocycles. The summed E-state index contributed by atoms with van der Waals surface area (Å²) in [4.78, 5) is 26.1. The molecule has 0 aromatic heterocycles. The fourth-order valence-corrected chi connectivity index (χ4v) is 2.85. The summed E-state index contributed by atoms with van der Waals surface area (Å²) in [5, 5.41) is 35.9. The molecule has 0 fully saturated rings. The second-order valence-electron chi connectivity index (χ2n) is 6.75. The topological polar surface area (TPSA) is 128 Å². The smallest absolute Gasteiger partial charge is 0.321 e. The van der Waals surface area contributed by atoms with Crippen molar-refractivity contribution in [3.05, 3.63) is 110 Å². The number of non-ortho nitro benzene ring substituents is 1. The van der Waals surface area contributed by atoms with Gasteiger partial charge in [-0.05, 0) is 48.2 Å². The molecule has 0 bridgehead atoms. The molecule has 0 atom stereocenters. The van der Waals surface area contributed by atoms with Gasteiger partial charge in [-0.15, -0.1) is 0 Å². The molecule has 0 unspecified atom stereocenters. The van der Waals surface area contributed by atoms with Crippen LogP contribution in [-0.2, 0) is 6.42 Å². The zero-order chi connectivity index (χ0) is 22.9. The van der Waals surface area contributed by atoms with E-state index in [1.54, 1.807) is 24.3 Å². The monoisotopic (exact) mass is 433 g/mol. The van der Waals surface area contributed by atoms with Gasteiger partial charge >= 0.3 is 5.69 Å². The summed E-state index contributed by atoms with van der Waals surface area (Å²) >= 11 is 0. The number of oxime groups is 1. The minimum Gasteiger partial charge on any atom is -0.508 e. The predicted octanol–water partition coefficient (Wildman–Crippen LogP) is 5.29. The van der Waals surface area contributed by atoms with Gasteiger partial charge in [0.2, 0.25) is 5.75 Å². The van der Waals surface area contributed by atoms with Crippen molar-refractivity contribution < 1.29 is 19.8 Å². The average molecular weight is 433 g/mol. The number of aryl methyl sites for hydroxylation is 1. The van der Waals surface area contributed by atoms with Crippen molar-refractivity contribution in [3.8, 4) is 11.5 Å². The minimum atomic E-state index is -0.760. The number of nitro benzene ring substituents is 2. The number of nitro groups is 2. The maximum atomic E-state index is 11.3. The minimum absolute atomic E-state index is 0.151. The second kappa shape index (κ2) is 10.5. The summed E-state index contributed by atoms with van der Waals surface area (Å²) in [6, 6.07) is 19.4. The zero-order valence-corrected chi connectivity index (χ0v) is 16.8. The molecule has 0 aliphatic heterocycles. The van der Waals surface area contributed by atoms with E-state index in [1.807, 2.05) is 42.5 Å². The molecular weight excluding hydrogens is 414 g/mol. The van der Waals surface area contributed by atoms with E-state index in [9.17, 15) is 25.3 Å². The van der Waals surface area contributed by atoms with Crippen molar-refractivity contribution in [2.75, 3.05) is 0 Å². The van der Waals surface area contributed by atoms with Crippen molar-refractivity contribution in [3.63, 3.8) is 0 Å². The Morgan fingerprint density at radius 3 is 2.44 bits per heavy atom. The van der Waals surface area contributed by atoms with E-state index >= 15 is 0 Å². The van der Waals surface area contributed by atoms with Crippen LogP contribution < -0.4 is 4.84 Å². The van der Waals surface area contributed by atoms with E-state index in [0.717, 1.165) is 29.3 Å². The van der Waals surface area contributed by atoms with Gasteiger partial charge in [0.15, 0.2) is 0 Å². The van der Waals surface area contributed by atoms with Crippen LogP contribution in [0.1, 0.15) is 17.5 Å². The number of aromatic hydroxyl groups is 1. The molecule has 0 aliphatic rings. The highest BCUT2D eigenvalue weighted by Crippen LogP contribution is 2.31. The first-order valence-corrected chi connectivity index (χ1v) is 9.60. The van der Waals surface area contributed by atoms with Crippen molar-refractivity contribution in [2.24, 2.45) is 5.16 Å². The Kier molecular flexibility index (Phi) is 7.26. The molecule has 162 valence electrons. The molecule has 32 heavy (non-hydrogen) atoms. The third-order valence-electron chi connectivity index (χ3n) is 4.46. The number of phenols is 1. The van der Waals surface area contributed by atoms with E-state index < -0.39 is 21.2 Å². The molecular formula is C23H19N3O6. The Bertz CT molecular complexity index is 1180. The molecule has 9 heteroatoms. The van der Waals surface area contributed by atoms with Crippen molar-refractivity contribution in [2.45, 2.75) is 12.8 Å². The van der Waals surface area contributed by atoms with Gasteiger partial charge < -0.3 is 9.94 Å². The Labute approximate surface area is 183 Å². The van der Waals surface area contributed by atoms with E-state index in [-0.39, 0.29) is 11.5 Å². The summed E-state index contributed by atoms with van der Waals surface area (Å²) in [5.74, 6) is -0.0536. The zero-order valence-electron chi connectivity index (χ0n) is 16.8. The number of rotatable bonds is 9. The molecule has 0 heterocycles. The van der Waals surface area contributed by atoms with Crippen LogP contribution in [0.5, 0.6) is 11.5 Å². The van der Waals surface area contributed by atoms with Crippen LogP contribution in [-0.4, -0.2) is 20.7 Å². The maximum Gasteiger partial charge on any atom is 0.321 e. The van der Waals surface area contributed by atoms with Gasteiger partial charge in [0.25, 0.3) is 5.69 Å². The second-order valence-corrected chi connectivity index (χ2v) is 6.75. The van der Waals surface area contributed by atoms with E-state index in [2.05, 4.69) is 5.16 Å². The quantitative estimate of drug-likeness (QED) is 0.277. The first-order chi connectivity index (χ1) is 15.4. The molecule has 9 nitrogen and oxygen atoms in total. The summed E-state index contributed by atoms with van der Waals surface area (Å²) in [6.07, 6.45) is 4.52. The number of nitrogens with zero attached hydrogens (tertiary/aromatic N) is 3. The van der Waals surface area contributed by atoms with Crippen molar-refractivity contribution in [1.29, 1.82) is 0 Å². The van der Waals surface area contributed by atoms with E-state index in [4.69, 9.17) is 4.84 Å². The predicted molar refractivity (Wildman–Crippen MR) is 120 cm³/mol. The number of benzene rings is 3. The summed E-state index contributed by atoms with van der Waals surface area (Å²) in [7, 11) is 0. The Morgan fingerprint density at radius 2 is 1.75 bits per heavy atom. The van der Waals surface area contributed by atoms with Gasteiger partial charge in [-0.2, -0.15) is 0 Å². The lowest BCUT2D eigenvalue weighted by molar-refractivity contribution is -0.394. The van der Waals surface area contributed by atoms with Crippen LogP contribution in [0.15, 0.2) is 84.0 Å². The van der Waals surface area contributed by atoms with Crippen LogP contribution in [0.4, 0.5) is 11.4 Å². The van der Waals surface area contributed by atoms with Gasteiger partial charge in [-0.1, -0.05) is 53.7 Å². The fraction of sp³-hybridized carbons (Fsp3) is 0.0870. The van der Waals surface area contributed by atoms with Crippen LogP contribution in [0.25, 0.3) is 6.08 Å².